The zero-order valence-electron chi connectivity index (χ0n) is 11.3. The first-order valence-electron chi connectivity index (χ1n) is 6.45. The Balaban J connectivity index is 1.75. The number of ether oxygens (including phenoxy) is 1. The number of nitrogens with one attached hydrogen (secondary N) is 1. The van der Waals surface area contributed by atoms with Crippen LogP contribution in [0.1, 0.15) is 11.1 Å². The number of nitrogens with zero attached hydrogens (tertiary/aromatic N) is 1. The number of hydrogen-bond acceptors (Lipinski definition) is 3. The van der Waals surface area contributed by atoms with Crippen molar-refractivity contribution in [1.29, 1.82) is 5.26 Å². The second-order valence-corrected chi connectivity index (χ2v) is 4.84. The molecule has 0 amide bonds. The smallest absolute Gasteiger partial charge is 0.124 e. The minimum absolute atomic E-state index is 0.285. The largest absolute Gasteiger partial charge is 0.382 e. The molecular formula is C16H14ClFN2O. The van der Waals surface area contributed by atoms with Crippen LogP contribution in [0.4, 0.5) is 10.1 Å². The summed E-state index contributed by atoms with van der Waals surface area (Å²) >= 11 is 5.80. The van der Waals surface area contributed by atoms with Crippen molar-refractivity contribution in [3.8, 4) is 6.07 Å². The first-order chi connectivity index (χ1) is 10.2. The summed E-state index contributed by atoms with van der Waals surface area (Å²) in [5, 5.41) is 12.7. The van der Waals surface area contributed by atoms with Crippen molar-refractivity contribution in [1.82, 2.24) is 0 Å². The van der Waals surface area contributed by atoms with Gasteiger partial charge in [-0.2, -0.15) is 5.26 Å². The molecule has 0 saturated heterocycles. The summed E-state index contributed by atoms with van der Waals surface area (Å²) in [7, 11) is 0. The zero-order chi connectivity index (χ0) is 15.1. The van der Waals surface area contributed by atoms with Gasteiger partial charge in [-0.25, -0.2) is 4.39 Å². The summed E-state index contributed by atoms with van der Waals surface area (Å²) in [5.74, 6) is -0.420. The molecule has 0 fully saturated rings. The van der Waals surface area contributed by atoms with Gasteiger partial charge in [-0.1, -0.05) is 23.7 Å². The van der Waals surface area contributed by atoms with E-state index in [1.54, 1.807) is 6.07 Å². The molecule has 0 bridgehead atoms. The van der Waals surface area contributed by atoms with E-state index in [0.29, 0.717) is 30.5 Å². The molecule has 21 heavy (non-hydrogen) atoms. The normalized spacial score (nSPS) is 10.1. The Morgan fingerprint density at radius 1 is 1.19 bits per heavy atom. The van der Waals surface area contributed by atoms with Gasteiger partial charge < -0.3 is 10.1 Å². The highest BCUT2D eigenvalue weighted by Crippen LogP contribution is 2.15. The lowest BCUT2D eigenvalue weighted by Crippen LogP contribution is -2.10. The van der Waals surface area contributed by atoms with Crippen LogP contribution in [0.25, 0.3) is 0 Å². The Kier molecular flexibility index (Phi) is 5.56. The fourth-order valence-corrected chi connectivity index (χ4v) is 1.92. The Labute approximate surface area is 127 Å². The maximum atomic E-state index is 13.0. The first-order valence-corrected chi connectivity index (χ1v) is 6.82. The van der Waals surface area contributed by atoms with E-state index in [4.69, 9.17) is 21.6 Å². The molecule has 5 heteroatoms. The van der Waals surface area contributed by atoms with Crippen molar-refractivity contribution in [2.75, 3.05) is 18.5 Å². The average molecular weight is 305 g/mol. The highest BCUT2D eigenvalue weighted by molar-refractivity contribution is 6.30. The molecule has 0 aliphatic carbocycles. The van der Waals surface area contributed by atoms with E-state index in [0.717, 1.165) is 5.56 Å². The van der Waals surface area contributed by atoms with Gasteiger partial charge in [0, 0.05) is 11.6 Å². The lowest BCUT2D eigenvalue weighted by atomic mass is 10.2. The van der Waals surface area contributed by atoms with Crippen LogP contribution in [0.5, 0.6) is 0 Å². The van der Waals surface area contributed by atoms with E-state index in [-0.39, 0.29) is 5.56 Å². The Morgan fingerprint density at radius 3 is 2.67 bits per heavy atom. The van der Waals surface area contributed by atoms with Gasteiger partial charge in [0.1, 0.15) is 11.9 Å². The van der Waals surface area contributed by atoms with Crippen molar-refractivity contribution < 1.29 is 9.13 Å². The van der Waals surface area contributed by atoms with E-state index in [1.165, 1.54) is 12.1 Å². The van der Waals surface area contributed by atoms with Gasteiger partial charge in [-0.15, -0.1) is 0 Å². The number of nitriles is 1. The Hall–Kier alpha value is -2.09. The maximum Gasteiger partial charge on any atom is 0.124 e. The van der Waals surface area contributed by atoms with E-state index in [1.807, 2.05) is 30.3 Å². The quantitative estimate of drug-likeness (QED) is 0.821. The standard InChI is InChI=1S/C16H14ClFN2O/c17-14-3-1-12(2-4-14)11-21-8-7-20-16-6-5-15(18)9-13(16)10-19/h1-6,9,20H,7-8,11H2. The lowest BCUT2D eigenvalue weighted by Gasteiger charge is -2.09. The van der Waals surface area contributed by atoms with Crippen molar-refractivity contribution in [3.63, 3.8) is 0 Å². The molecule has 0 aliphatic rings. The molecule has 0 spiro atoms. The van der Waals surface area contributed by atoms with Crippen LogP contribution in [0.2, 0.25) is 5.02 Å². The molecule has 1 N–H and O–H groups in total. The molecule has 2 aromatic rings. The number of anilines is 1. The van der Waals surface area contributed by atoms with E-state index in [2.05, 4.69) is 5.32 Å². The van der Waals surface area contributed by atoms with E-state index >= 15 is 0 Å². The third-order valence-electron chi connectivity index (χ3n) is 2.85. The molecule has 0 aliphatic heterocycles. The lowest BCUT2D eigenvalue weighted by molar-refractivity contribution is 0.130. The molecule has 3 nitrogen and oxygen atoms in total. The van der Waals surface area contributed by atoms with Gasteiger partial charge in [-0.05, 0) is 35.9 Å². The molecular weight excluding hydrogens is 291 g/mol. The fourth-order valence-electron chi connectivity index (χ4n) is 1.79. The van der Waals surface area contributed by atoms with Crippen LogP contribution >= 0.6 is 11.6 Å². The maximum absolute atomic E-state index is 13.0. The van der Waals surface area contributed by atoms with Crippen molar-refractivity contribution >= 4 is 17.3 Å². The van der Waals surface area contributed by atoms with Crippen LogP contribution in [0.15, 0.2) is 42.5 Å². The second kappa shape index (κ2) is 7.63. The minimum Gasteiger partial charge on any atom is -0.382 e. The Bertz CT molecular complexity index is 638. The van der Waals surface area contributed by atoms with Crippen molar-refractivity contribution in [2.24, 2.45) is 0 Å². The number of hydrogen-bond donors (Lipinski definition) is 1. The summed E-state index contributed by atoms with van der Waals surface area (Å²) < 4.78 is 18.5. The summed E-state index contributed by atoms with van der Waals surface area (Å²) in [5.41, 5.74) is 1.93. The van der Waals surface area contributed by atoms with Gasteiger partial charge in [-0.3, -0.25) is 0 Å². The third kappa shape index (κ3) is 4.75. The predicted octanol–water partition coefficient (Wildman–Crippen LogP) is 3.98. The van der Waals surface area contributed by atoms with Crippen LogP contribution in [-0.4, -0.2) is 13.2 Å². The zero-order valence-corrected chi connectivity index (χ0v) is 12.0. The SMILES string of the molecule is N#Cc1cc(F)ccc1NCCOCc1ccc(Cl)cc1. The molecule has 0 unspecified atom stereocenters. The molecule has 2 rings (SSSR count). The number of benzene rings is 2. The third-order valence-corrected chi connectivity index (χ3v) is 3.10. The van der Waals surface area contributed by atoms with Crippen molar-refractivity contribution in [3.05, 3.63) is 64.4 Å². The molecule has 2 aromatic carbocycles. The van der Waals surface area contributed by atoms with Gasteiger partial charge in [0.15, 0.2) is 0 Å². The fraction of sp³-hybridized carbons (Fsp3) is 0.188. The topological polar surface area (TPSA) is 45.0 Å². The van der Waals surface area contributed by atoms with Gasteiger partial charge in [0.2, 0.25) is 0 Å². The van der Waals surface area contributed by atoms with Gasteiger partial charge in [0.05, 0.1) is 24.5 Å². The molecule has 0 radical (unpaired) electrons. The van der Waals surface area contributed by atoms with Crippen LogP contribution in [0.3, 0.4) is 0 Å². The highest BCUT2D eigenvalue weighted by Gasteiger charge is 2.02. The van der Waals surface area contributed by atoms with Crippen LogP contribution < -0.4 is 5.32 Å². The summed E-state index contributed by atoms with van der Waals surface area (Å²) in [4.78, 5) is 0. The summed E-state index contributed by atoms with van der Waals surface area (Å²) in [6, 6.07) is 13.5. The highest BCUT2D eigenvalue weighted by atomic mass is 35.5. The summed E-state index contributed by atoms with van der Waals surface area (Å²) in [6.07, 6.45) is 0. The van der Waals surface area contributed by atoms with Crippen LogP contribution in [0, 0.1) is 17.1 Å². The molecule has 0 aromatic heterocycles. The summed E-state index contributed by atoms with van der Waals surface area (Å²) in [6.45, 7) is 1.51. The first kappa shape index (κ1) is 15.3. The molecule has 0 saturated carbocycles. The molecule has 0 heterocycles. The number of rotatable bonds is 6. The van der Waals surface area contributed by atoms with E-state index in [9.17, 15) is 4.39 Å². The second-order valence-electron chi connectivity index (χ2n) is 4.41. The van der Waals surface area contributed by atoms with Gasteiger partial charge >= 0.3 is 0 Å². The average Bonchev–Trinajstić information content (AvgIpc) is 2.50. The van der Waals surface area contributed by atoms with Gasteiger partial charge in [0.25, 0.3) is 0 Å². The minimum atomic E-state index is -0.420. The monoisotopic (exact) mass is 304 g/mol. The van der Waals surface area contributed by atoms with Crippen LogP contribution in [-0.2, 0) is 11.3 Å². The Morgan fingerprint density at radius 2 is 1.95 bits per heavy atom. The molecule has 108 valence electrons. The molecule has 0 atom stereocenters. The number of halogens is 2. The van der Waals surface area contributed by atoms with Crippen molar-refractivity contribution in [2.45, 2.75) is 6.61 Å². The predicted molar refractivity (Wildman–Crippen MR) is 80.7 cm³/mol. The van der Waals surface area contributed by atoms with E-state index < -0.39 is 5.82 Å².